The zero-order valence-corrected chi connectivity index (χ0v) is 17.1. The van der Waals surface area contributed by atoms with Gasteiger partial charge in [0.05, 0.1) is 24.7 Å². The molecule has 2 N–H and O–H groups in total. The fraction of sp³-hybridized carbons (Fsp3) is 0.474. The van der Waals surface area contributed by atoms with Crippen LogP contribution in [0.15, 0.2) is 42.9 Å². The molecule has 1 aromatic heterocycles. The van der Waals surface area contributed by atoms with Crippen molar-refractivity contribution < 1.29 is 9.53 Å². The number of benzene rings is 1. The second-order valence-corrected chi connectivity index (χ2v) is 6.78. The molecule has 27 heavy (non-hydrogen) atoms. The minimum absolute atomic E-state index is 0. The van der Waals surface area contributed by atoms with E-state index in [1.165, 1.54) is 5.56 Å². The van der Waals surface area contributed by atoms with Gasteiger partial charge in [-0.05, 0) is 12.0 Å². The minimum Gasteiger partial charge on any atom is -0.381 e. The van der Waals surface area contributed by atoms with Crippen molar-refractivity contribution in [2.24, 2.45) is 11.7 Å². The first-order chi connectivity index (χ1) is 12.1. The maximum absolute atomic E-state index is 12.5. The summed E-state index contributed by atoms with van der Waals surface area (Å²) in [4.78, 5) is 18.6. The molecule has 1 amide bonds. The molecule has 0 aliphatic carbocycles. The lowest BCUT2D eigenvalue weighted by Gasteiger charge is -2.23. The molecule has 1 aliphatic heterocycles. The van der Waals surface area contributed by atoms with E-state index in [1.54, 1.807) is 11.2 Å². The minimum atomic E-state index is -0.563. The highest BCUT2D eigenvalue weighted by molar-refractivity contribution is 5.85. The molecule has 1 saturated heterocycles. The van der Waals surface area contributed by atoms with Gasteiger partial charge in [-0.15, -0.1) is 24.8 Å². The first kappa shape index (κ1) is 23.4. The quantitative estimate of drug-likeness (QED) is 0.752. The summed E-state index contributed by atoms with van der Waals surface area (Å²) in [6, 6.07) is 9.64. The summed E-state index contributed by atoms with van der Waals surface area (Å²) in [5.74, 6) is 0.385. The van der Waals surface area contributed by atoms with E-state index in [0.717, 1.165) is 31.9 Å². The summed E-state index contributed by atoms with van der Waals surface area (Å²) in [5.41, 5.74) is 8.17. The number of aromatic nitrogens is 2. The van der Waals surface area contributed by atoms with Crippen molar-refractivity contribution in [2.45, 2.75) is 25.4 Å². The average Bonchev–Trinajstić information content (AvgIpc) is 3.27. The smallest absolute Gasteiger partial charge is 0.239 e. The standard InChI is InChI=1S/C19H26N4O2.2ClH/c1-22(10-16-7-8-25-13-16)19(24)18(20)9-17-12-23(14-21-17)11-15-5-3-2-4-6-15;;/h2-6,12,14,16,18H,7-11,13,20H2,1H3;2*1H/t16?,18-;;/m0../s1. The summed E-state index contributed by atoms with van der Waals surface area (Å²) in [5, 5.41) is 0. The highest BCUT2D eigenvalue weighted by Crippen LogP contribution is 2.14. The van der Waals surface area contributed by atoms with Crippen LogP contribution in [-0.4, -0.2) is 53.2 Å². The topological polar surface area (TPSA) is 73.4 Å². The molecule has 1 aromatic carbocycles. The predicted octanol–water partition coefficient (Wildman–Crippen LogP) is 2.14. The zero-order chi connectivity index (χ0) is 17.6. The van der Waals surface area contributed by atoms with E-state index in [9.17, 15) is 4.79 Å². The second kappa shape index (κ2) is 11.3. The van der Waals surface area contributed by atoms with E-state index in [0.29, 0.717) is 18.9 Å². The normalized spacial score (nSPS) is 16.9. The Morgan fingerprint density at radius 1 is 1.37 bits per heavy atom. The van der Waals surface area contributed by atoms with Crippen molar-refractivity contribution in [1.29, 1.82) is 0 Å². The maximum atomic E-state index is 12.5. The largest absolute Gasteiger partial charge is 0.381 e. The summed E-state index contributed by atoms with van der Waals surface area (Å²) in [6.45, 7) is 2.99. The van der Waals surface area contributed by atoms with Crippen LogP contribution in [0, 0.1) is 5.92 Å². The number of hydrogen-bond acceptors (Lipinski definition) is 4. The molecule has 2 aromatic rings. The Balaban J connectivity index is 0.00000182. The molecule has 1 aliphatic rings. The highest BCUT2D eigenvalue weighted by atomic mass is 35.5. The van der Waals surface area contributed by atoms with Crippen LogP contribution in [0.4, 0.5) is 0 Å². The molecule has 1 fully saturated rings. The lowest BCUT2D eigenvalue weighted by Crippen LogP contribution is -2.44. The molecule has 1 unspecified atom stereocenters. The Hall–Kier alpha value is -1.60. The van der Waals surface area contributed by atoms with E-state index < -0.39 is 6.04 Å². The van der Waals surface area contributed by atoms with Crippen molar-refractivity contribution in [3.63, 3.8) is 0 Å². The summed E-state index contributed by atoms with van der Waals surface area (Å²) >= 11 is 0. The van der Waals surface area contributed by atoms with Crippen LogP contribution in [0.5, 0.6) is 0 Å². The molecule has 2 heterocycles. The van der Waals surface area contributed by atoms with Crippen LogP contribution in [0.25, 0.3) is 0 Å². The molecule has 0 bridgehead atoms. The fourth-order valence-corrected chi connectivity index (χ4v) is 3.19. The maximum Gasteiger partial charge on any atom is 0.239 e. The van der Waals surface area contributed by atoms with Crippen molar-refractivity contribution in [1.82, 2.24) is 14.5 Å². The third-order valence-corrected chi connectivity index (χ3v) is 4.57. The van der Waals surface area contributed by atoms with Crippen molar-refractivity contribution in [2.75, 3.05) is 26.8 Å². The van der Waals surface area contributed by atoms with Crippen LogP contribution < -0.4 is 5.73 Å². The van der Waals surface area contributed by atoms with Gasteiger partial charge in [-0.2, -0.15) is 0 Å². The van der Waals surface area contributed by atoms with Crippen LogP contribution in [-0.2, 0) is 22.5 Å². The van der Waals surface area contributed by atoms with E-state index in [2.05, 4.69) is 17.1 Å². The van der Waals surface area contributed by atoms with Gasteiger partial charge in [0, 0.05) is 45.3 Å². The number of likely N-dealkylation sites (N-methyl/N-ethyl adjacent to an activating group) is 1. The molecule has 2 atom stereocenters. The zero-order valence-electron chi connectivity index (χ0n) is 15.5. The molecule has 8 heteroatoms. The third-order valence-electron chi connectivity index (χ3n) is 4.57. The van der Waals surface area contributed by atoms with Crippen molar-refractivity contribution in [3.05, 3.63) is 54.1 Å². The fourth-order valence-electron chi connectivity index (χ4n) is 3.19. The van der Waals surface area contributed by atoms with Gasteiger partial charge in [-0.25, -0.2) is 4.98 Å². The van der Waals surface area contributed by atoms with Gasteiger partial charge < -0.3 is 19.9 Å². The number of imidazole rings is 1. The molecular formula is C19H28Cl2N4O2. The van der Waals surface area contributed by atoms with Gasteiger partial charge in [0.25, 0.3) is 0 Å². The number of hydrogen-bond donors (Lipinski definition) is 1. The summed E-state index contributed by atoms with van der Waals surface area (Å²) in [7, 11) is 1.81. The molecule has 3 rings (SSSR count). The van der Waals surface area contributed by atoms with Crippen LogP contribution in [0.3, 0.4) is 0 Å². The number of carbonyl (C=O) groups excluding carboxylic acids is 1. The van der Waals surface area contributed by atoms with E-state index >= 15 is 0 Å². The van der Waals surface area contributed by atoms with Crippen molar-refractivity contribution >= 4 is 30.7 Å². The average molecular weight is 415 g/mol. The number of halogens is 2. The molecule has 0 saturated carbocycles. The van der Waals surface area contributed by atoms with Crippen molar-refractivity contribution in [3.8, 4) is 0 Å². The molecule has 150 valence electrons. The van der Waals surface area contributed by atoms with Gasteiger partial charge >= 0.3 is 0 Å². The van der Waals surface area contributed by atoms with E-state index in [4.69, 9.17) is 10.5 Å². The van der Waals surface area contributed by atoms with Gasteiger partial charge in [0.15, 0.2) is 0 Å². The lowest BCUT2D eigenvalue weighted by molar-refractivity contribution is -0.131. The number of carbonyl (C=O) groups is 1. The van der Waals surface area contributed by atoms with Gasteiger partial charge in [-0.3, -0.25) is 4.79 Å². The Bertz CT molecular complexity index is 690. The second-order valence-electron chi connectivity index (χ2n) is 6.78. The predicted molar refractivity (Wildman–Crippen MR) is 111 cm³/mol. The Morgan fingerprint density at radius 2 is 2.11 bits per heavy atom. The molecule has 0 radical (unpaired) electrons. The van der Waals surface area contributed by atoms with Gasteiger partial charge in [-0.1, -0.05) is 30.3 Å². The monoisotopic (exact) mass is 414 g/mol. The van der Waals surface area contributed by atoms with Gasteiger partial charge in [0.1, 0.15) is 0 Å². The number of ether oxygens (including phenoxy) is 1. The molecular weight excluding hydrogens is 387 g/mol. The number of rotatable bonds is 7. The van der Waals surface area contributed by atoms with E-state index in [1.807, 2.05) is 36.0 Å². The Morgan fingerprint density at radius 3 is 2.78 bits per heavy atom. The van der Waals surface area contributed by atoms with Crippen LogP contribution >= 0.6 is 24.8 Å². The Labute approximate surface area is 172 Å². The third kappa shape index (κ3) is 6.81. The Kier molecular flexibility index (Phi) is 9.80. The van der Waals surface area contributed by atoms with E-state index in [-0.39, 0.29) is 30.7 Å². The number of nitrogens with two attached hydrogens (primary N) is 1. The first-order valence-electron chi connectivity index (χ1n) is 8.74. The molecule has 0 spiro atoms. The SMILES string of the molecule is CN(CC1CCOC1)C(=O)[C@@H](N)Cc1cn(Cc2ccccc2)cn1.Cl.Cl. The highest BCUT2D eigenvalue weighted by Gasteiger charge is 2.24. The molecule has 6 nitrogen and oxygen atoms in total. The van der Waals surface area contributed by atoms with Crippen LogP contribution in [0.1, 0.15) is 17.7 Å². The van der Waals surface area contributed by atoms with Crippen LogP contribution in [0.2, 0.25) is 0 Å². The number of amides is 1. The lowest BCUT2D eigenvalue weighted by atomic mass is 10.1. The van der Waals surface area contributed by atoms with Gasteiger partial charge in [0.2, 0.25) is 5.91 Å². The first-order valence-corrected chi connectivity index (χ1v) is 8.74. The summed E-state index contributed by atoms with van der Waals surface area (Å²) in [6.07, 6.45) is 5.22. The summed E-state index contributed by atoms with van der Waals surface area (Å²) < 4.78 is 7.38. The number of nitrogens with zero attached hydrogens (tertiary/aromatic N) is 3.